The van der Waals surface area contributed by atoms with Gasteiger partial charge in [-0.2, -0.15) is 5.26 Å². The van der Waals surface area contributed by atoms with Crippen LogP contribution in [0.4, 0.5) is 0 Å². The monoisotopic (exact) mass is 176 g/mol. The van der Waals surface area contributed by atoms with Crippen LogP contribution in [-0.4, -0.2) is 6.10 Å². The van der Waals surface area contributed by atoms with Crippen LogP contribution in [0.2, 0.25) is 0 Å². The van der Waals surface area contributed by atoms with Gasteiger partial charge in [-0.15, -0.1) is 0 Å². The molecule has 13 heavy (non-hydrogen) atoms. The van der Waals surface area contributed by atoms with Gasteiger partial charge in [0.25, 0.3) is 0 Å². The van der Waals surface area contributed by atoms with E-state index in [0.717, 1.165) is 11.1 Å². The molecule has 3 nitrogen and oxygen atoms in total. The minimum atomic E-state index is -0.403. The molecule has 0 bridgehead atoms. The highest BCUT2D eigenvalue weighted by molar-refractivity contribution is 5.47. The molecular weight excluding hydrogens is 164 g/mol. The van der Waals surface area contributed by atoms with E-state index in [1.807, 2.05) is 26.0 Å². The second-order valence-electron chi connectivity index (χ2n) is 3.06. The largest absolute Gasteiger partial charge is 0.291 e. The first-order valence-corrected chi connectivity index (χ1v) is 4.02. The van der Waals surface area contributed by atoms with Crippen LogP contribution in [0.3, 0.4) is 0 Å². The third-order valence-corrected chi connectivity index (χ3v) is 1.96. The molecule has 1 aliphatic carbocycles. The van der Waals surface area contributed by atoms with Crippen molar-refractivity contribution in [2.75, 3.05) is 0 Å². The van der Waals surface area contributed by atoms with Crippen molar-refractivity contribution in [3.05, 3.63) is 34.9 Å². The minimum absolute atomic E-state index is 0.403. The first-order chi connectivity index (χ1) is 6.20. The van der Waals surface area contributed by atoms with Gasteiger partial charge in [0.05, 0.1) is 11.6 Å². The van der Waals surface area contributed by atoms with Crippen LogP contribution < -0.4 is 5.90 Å². The Labute approximate surface area is 77.7 Å². The summed E-state index contributed by atoms with van der Waals surface area (Å²) in [7, 11) is 0. The van der Waals surface area contributed by atoms with E-state index in [1.54, 1.807) is 6.08 Å². The SMILES string of the molecule is CC(C)=C1C=CC=C(C#N)C1ON. The molecule has 0 aliphatic heterocycles. The van der Waals surface area contributed by atoms with Gasteiger partial charge < -0.3 is 0 Å². The number of hydrogen-bond acceptors (Lipinski definition) is 3. The second-order valence-corrected chi connectivity index (χ2v) is 3.06. The highest BCUT2D eigenvalue weighted by atomic mass is 16.6. The fourth-order valence-corrected chi connectivity index (χ4v) is 1.27. The van der Waals surface area contributed by atoms with E-state index < -0.39 is 6.10 Å². The molecule has 0 fully saturated rings. The number of nitrogens with two attached hydrogens (primary N) is 1. The standard InChI is InChI=1S/C10H12N2O/c1-7(2)9-5-3-4-8(6-11)10(9)13-12/h3-5,10H,12H2,1-2H3. The summed E-state index contributed by atoms with van der Waals surface area (Å²) in [5, 5.41) is 8.78. The molecule has 0 aromatic heterocycles. The average Bonchev–Trinajstić information content (AvgIpc) is 2.16. The number of hydrogen-bond donors (Lipinski definition) is 1. The van der Waals surface area contributed by atoms with Crippen LogP contribution in [0, 0.1) is 11.3 Å². The summed E-state index contributed by atoms with van der Waals surface area (Å²) < 4.78 is 0. The molecule has 1 rings (SSSR count). The summed E-state index contributed by atoms with van der Waals surface area (Å²) in [6.07, 6.45) is 5.05. The maximum absolute atomic E-state index is 8.78. The van der Waals surface area contributed by atoms with Gasteiger partial charge in [0.15, 0.2) is 0 Å². The van der Waals surface area contributed by atoms with Crippen LogP contribution in [0.5, 0.6) is 0 Å². The number of nitriles is 1. The molecule has 0 saturated heterocycles. The Kier molecular flexibility index (Phi) is 3.02. The van der Waals surface area contributed by atoms with Crippen LogP contribution in [0.1, 0.15) is 13.8 Å². The highest BCUT2D eigenvalue weighted by Gasteiger charge is 2.20. The molecule has 1 atom stereocenters. The predicted molar refractivity (Wildman–Crippen MR) is 50.3 cm³/mol. The van der Waals surface area contributed by atoms with Gasteiger partial charge in [-0.25, -0.2) is 5.90 Å². The van der Waals surface area contributed by atoms with Gasteiger partial charge in [0.2, 0.25) is 0 Å². The zero-order valence-corrected chi connectivity index (χ0v) is 7.74. The molecule has 0 saturated carbocycles. The Balaban J connectivity index is 3.09. The summed E-state index contributed by atoms with van der Waals surface area (Å²) in [4.78, 5) is 4.77. The van der Waals surface area contributed by atoms with Crippen molar-refractivity contribution in [1.82, 2.24) is 0 Å². The van der Waals surface area contributed by atoms with Gasteiger partial charge in [0, 0.05) is 0 Å². The van der Waals surface area contributed by atoms with E-state index in [4.69, 9.17) is 16.0 Å². The lowest BCUT2D eigenvalue weighted by molar-refractivity contribution is 0.106. The zero-order valence-electron chi connectivity index (χ0n) is 7.74. The smallest absolute Gasteiger partial charge is 0.138 e. The lowest BCUT2D eigenvalue weighted by Gasteiger charge is -2.18. The van der Waals surface area contributed by atoms with Crippen molar-refractivity contribution in [2.24, 2.45) is 5.90 Å². The first kappa shape index (κ1) is 9.72. The van der Waals surface area contributed by atoms with Crippen LogP contribution in [0.15, 0.2) is 34.9 Å². The zero-order chi connectivity index (χ0) is 9.84. The fourth-order valence-electron chi connectivity index (χ4n) is 1.27. The molecular formula is C10H12N2O. The van der Waals surface area contributed by atoms with Crippen molar-refractivity contribution >= 4 is 0 Å². The molecule has 0 amide bonds. The van der Waals surface area contributed by atoms with Crippen LogP contribution in [0.25, 0.3) is 0 Å². The number of allylic oxidation sites excluding steroid dienone is 3. The summed E-state index contributed by atoms with van der Waals surface area (Å²) in [5.74, 6) is 5.14. The maximum Gasteiger partial charge on any atom is 0.138 e. The van der Waals surface area contributed by atoms with Crippen molar-refractivity contribution < 1.29 is 4.84 Å². The van der Waals surface area contributed by atoms with E-state index in [2.05, 4.69) is 6.07 Å². The lowest BCUT2D eigenvalue weighted by atomic mass is 9.94. The van der Waals surface area contributed by atoms with Gasteiger partial charge >= 0.3 is 0 Å². The van der Waals surface area contributed by atoms with Gasteiger partial charge in [-0.1, -0.05) is 17.7 Å². The summed E-state index contributed by atoms with van der Waals surface area (Å²) in [5.41, 5.74) is 2.61. The van der Waals surface area contributed by atoms with Crippen molar-refractivity contribution in [3.8, 4) is 6.07 Å². The first-order valence-electron chi connectivity index (χ1n) is 4.02. The Morgan fingerprint density at radius 1 is 1.62 bits per heavy atom. The maximum atomic E-state index is 8.78. The Hall–Kier alpha value is -1.37. The van der Waals surface area contributed by atoms with Crippen molar-refractivity contribution in [1.29, 1.82) is 5.26 Å². The van der Waals surface area contributed by atoms with E-state index in [-0.39, 0.29) is 0 Å². The fraction of sp³-hybridized carbons (Fsp3) is 0.300. The molecule has 1 aliphatic rings. The molecule has 2 N–H and O–H groups in total. The second kappa shape index (κ2) is 4.04. The van der Waals surface area contributed by atoms with Gasteiger partial charge in [-0.3, -0.25) is 4.84 Å². The normalized spacial score (nSPS) is 20.9. The van der Waals surface area contributed by atoms with Gasteiger partial charge in [0.1, 0.15) is 6.10 Å². The van der Waals surface area contributed by atoms with Crippen molar-refractivity contribution in [2.45, 2.75) is 20.0 Å². The predicted octanol–water partition coefficient (Wildman–Crippen LogP) is 1.60. The quantitative estimate of drug-likeness (QED) is 0.617. The van der Waals surface area contributed by atoms with Crippen LogP contribution in [-0.2, 0) is 4.84 Å². The molecule has 0 spiro atoms. The Morgan fingerprint density at radius 3 is 2.77 bits per heavy atom. The molecule has 0 aromatic carbocycles. The van der Waals surface area contributed by atoms with Crippen molar-refractivity contribution in [3.63, 3.8) is 0 Å². The van der Waals surface area contributed by atoms with Gasteiger partial charge in [-0.05, 0) is 25.5 Å². The van der Waals surface area contributed by atoms with E-state index >= 15 is 0 Å². The topological polar surface area (TPSA) is 59.0 Å². The molecule has 0 radical (unpaired) electrons. The molecule has 1 unspecified atom stereocenters. The Morgan fingerprint density at radius 2 is 2.31 bits per heavy atom. The summed E-state index contributed by atoms with van der Waals surface area (Å²) >= 11 is 0. The third kappa shape index (κ3) is 1.86. The minimum Gasteiger partial charge on any atom is -0.291 e. The Bertz CT molecular complexity index is 327. The van der Waals surface area contributed by atoms with E-state index in [9.17, 15) is 0 Å². The molecule has 0 aromatic rings. The molecule has 0 heterocycles. The summed E-state index contributed by atoms with van der Waals surface area (Å²) in [6.45, 7) is 3.93. The highest BCUT2D eigenvalue weighted by Crippen LogP contribution is 2.22. The third-order valence-electron chi connectivity index (χ3n) is 1.96. The van der Waals surface area contributed by atoms with Crippen LogP contribution >= 0.6 is 0 Å². The molecule has 68 valence electrons. The molecule has 3 heteroatoms. The summed E-state index contributed by atoms with van der Waals surface area (Å²) in [6, 6.07) is 2.06. The number of nitrogens with zero attached hydrogens (tertiary/aromatic N) is 1. The lowest BCUT2D eigenvalue weighted by Crippen LogP contribution is -2.23. The number of rotatable bonds is 1. The van der Waals surface area contributed by atoms with E-state index in [0.29, 0.717) is 5.57 Å². The average molecular weight is 176 g/mol. The van der Waals surface area contributed by atoms with E-state index in [1.165, 1.54) is 0 Å².